The van der Waals surface area contributed by atoms with Crippen LogP contribution in [0, 0.1) is 0 Å². The largest absolute Gasteiger partial charge is 0.298 e. The highest BCUT2D eigenvalue weighted by atomic mass is 16.1. The van der Waals surface area contributed by atoms with Crippen molar-refractivity contribution >= 4 is 17.3 Å². The Hall–Kier alpha value is -1.71. The average molecular weight is 201 g/mol. The number of hydrogen-bond donors (Lipinski definition) is 0. The Labute approximate surface area is 86.9 Å². The third kappa shape index (κ3) is 1.25. The third-order valence-electron chi connectivity index (χ3n) is 2.88. The highest BCUT2D eigenvalue weighted by Crippen LogP contribution is 2.39. The van der Waals surface area contributed by atoms with Gasteiger partial charge in [-0.05, 0) is 18.9 Å². The number of aryl methyl sites for hydroxylation is 1. The van der Waals surface area contributed by atoms with Crippen LogP contribution in [-0.2, 0) is 7.05 Å². The normalized spacial score (nSPS) is 15.8. The van der Waals surface area contributed by atoms with Gasteiger partial charge in [-0.15, -0.1) is 0 Å². The van der Waals surface area contributed by atoms with Crippen molar-refractivity contribution in [2.45, 2.75) is 18.8 Å². The maximum absolute atomic E-state index is 11.0. The van der Waals surface area contributed by atoms with Crippen LogP contribution in [0.5, 0.6) is 0 Å². The van der Waals surface area contributed by atoms with E-state index in [-0.39, 0.29) is 0 Å². The maximum atomic E-state index is 11.0. The van der Waals surface area contributed by atoms with E-state index < -0.39 is 0 Å². The monoisotopic (exact) mass is 201 g/mol. The summed E-state index contributed by atoms with van der Waals surface area (Å²) in [4.78, 5) is 15.5. The molecule has 2 aromatic heterocycles. The molecule has 0 aromatic carbocycles. The van der Waals surface area contributed by atoms with Gasteiger partial charge in [0.2, 0.25) is 0 Å². The molecule has 0 saturated heterocycles. The number of rotatable bonds is 2. The van der Waals surface area contributed by atoms with Gasteiger partial charge in [-0.2, -0.15) is 5.10 Å². The van der Waals surface area contributed by atoms with Gasteiger partial charge in [-0.1, -0.05) is 0 Å². The van der Waals surface area contributed by atoms with Gasteiger partial charge >= 0.3 is 0 Å². The van der Waals surface area contributed by atoms with E-state index in [1.165, 1.54) is 12.8 Å². The fourth-order valence-electron chi connectivity index (χ4n) is 1.84. The molecule has 0 aliphatic heterocycles. The van der Waals surface area contributed by atoms with Crippen molar-refractivity contribution in [3.8, 4) is 0 Å². The Kier molecular flexibility index (Phi) is 1.65. The highest BCUT2D eigenvalue weighted by molar-refractivity contribution is 5.95. The van der Waals surface area contributed by atoms with Crippen molar-refractivity contribution in [3.63, 3.8) is 0 Å². The zero-order valence-electron chi connectivity index (χ0n) is 8.47. The first-order valence-electron chi connectivity index (χ1n) is 5.07. The number of carbonyl (C=O) groups excluding carboxylic acids is 1. The summed E-state index contributed by atoms with van der Waals surface area (Å²) in [6, 6.07) is 1.90. The number of carbonyl (C=O) groups is 1. The molecule has 1 saturated carbocycles. The Morgan fingerprint density at radius 2 is 2.33 bits per heavy atom. The summed E-state index contributed by atoms with van der Waals surface area (Å²) in [5.74, 6) is 0.558. The van der Waals surface area contributed by atoms with Crippen molar-refractivity contribution in [3.05, 3.63) is 23.5 Å². The van der Waals surface area contributed by atoms with Crippen LogP contribution >= 0.6 is 0 Å². The third-order valence-corrected chi connectivity index (χ3v) is 2.88. The summed E-state index contributed by atoms with van der Waals surface area (Å²) in [7, 11) is 1.85. The second kappa shape index (κ2) is 2.89. The standard InChI is InChI=1S/C11H11N3O/c1-14-11-9(5-12-14)8(6-15)4-10(13-11)7-2-3-7/h4-7H,2-3H2,1H3. The molecule has 2 aromatic rings. The van der Waals surface area contributed by atoms with Crippen LogP contribution in [0.25, 0.3) is 11.0 Å². The minimum atomic E-state index is 0.558. The van der Waals surface area contributed by atoms with E-state index in [1.807, 2.05) is 13.1 Å². The molecule has 1 aliphatic rings. The van der Waals surface area contributed by atoms with E-state index in [4.69, 9.17) is 0 Å². The van der Waals surface area contributed by atoms with Crippen molar-refractivity contribution < 1.29 is 4.79 Å². The SMILES string of the molecule is Cn1ncc2c(C=O)cc(C3CC3)nc21. The second-order valence-electron chi connectivity index (χ2n) is 4.03. The minimum absolute atomic E-state index is 0.558. The second-order valence-corrected chi connectivity index (χ2v) is 4.03. The number of nitrogens with zero attached hydrogens (tertiary/aromatic N) is 3. The van der Waals surface area contributed by atoms with Gasteiger partial charge in [0.15, 0.2) is 11.9 Å². The Morgan fingerprint density at radius 1 is 1.53 bits per heavy atom. The fraction of sp³-hybridized carbons (Fsp3) is 0.364. The molecule has 1 fully saturated rings. The molecular formula is C11H11N3O. The molecule has 4 nitrogen and oxygen atoms in total. The van der Waals surface area contributed by atoms with Crippen molar-refractivity contribution in [1.29, 1.82) is 0 Å². The molecule has 0 amide bonds. The number of hydrogen-bond acceptors (Lipinski definition) is 3. The Balaban J connectivity index is 2.31. The van der Waals surface area contributed by atoms with Crippen LogP contribution in [0.2, 0.25) is 0 Å². The van der Waals surface area contributed by atoms with Crippen molar-refractivity contribution in [2.24, 2.45) is 7.05 Å². The van der Waals surface area contributed by atoms with Gasteiger partial charge < -0.3 is 0 Å². The Morgan fingerprint density at radius 3 is 3.00 bits per heavy atom. The van der Waals surface area contributed by atoms with Gasteiger partial charge in [-0.3, -0.25) is 9.48 Å². The molecule has 0 N–H and O–H groups in total. The van der Waals surface area contributed by atoms with Crippen LogP contribution < -0.4 is 0 Å². The van der Waals surface area contributed by atoms with Gasteiger partial charge in [0.25, 0.3) is 0 Å². The first-order chi connectivity index (χ1) is 7.29. The van der Waals surface area contributed by atoms with Crippen LogP contribution in [0.15, 0.2) is 12.3 Å². The summed E-state index contributed by atoms with van der Waals surface area (Å²) in [6.45, 7) is 0. The summed E-state index contributed by atoms with van der Waals surface area (Å²) < 4.78 is 1.72. The van der Waals surface area contributed by atoms with Crippen molar-refractivity contribution in [1.82, 2.24) is 14.8 Å². The lowest BCUT2D eigenvalue weighted by atomic mass is 10.1. The van der Waals surface area contributed by atoms with Gasteiger partial charge in [0.05, 0.1) is 6.20 Å². The van der Waals surface area contributed by atoms with Gasteiger partial charge in [0, 0.05) is 29.6 Å². The van der Waals surface area contributed by atoms with E-state index in [2.05, 4.69) is 10.1 Å². The summed E-state index contributed by atoms with van der Waals surface area (Å²) >= 11 is 0. The van der Waals surface area contributed by atoms with E-state index in [0.29, 0.717) is 11.5 Å². The van der Waals surface area contributed by atoms with Crippen LogP contribution in [0.1, 0.15) is 34.8 Å². The van der Waals surface area contributed by atoms with Crippen molar-refractivity contribution in [2.75, 3.05) is 0 Å². The van der Waals surface area contributed by atoms with E-state index in [1.54, 1.807) is 10.9 Å². The Bertz CT molecular complexity index is 540. The minimum Gasteiger partial charge on any atom is -0.298 e. The topological polar surface area (TPSA) is 47.8 Å². The summed E-state index contributed by atoms with van der Waals surface area (Å²) in [5, 5.41) is 4.96. The quantitative estimate of drug-likeness (QED) is 0.694. The number of aromatic nitrogens is 3. The lowest BCUT2D eigenvalue weighted by Gasteiger charge is -2.01. The maximum Gasteiger partial charge on any atom is 0.158 e. The van der Waals surface area contributed by atoms with Crippen LogP contribution in [0.3, 0.4) is 0 Å². The van der Waals surface area contributed by atoms with E-state index in [9.17, 15) is 4.79 Å². The fourth-order valence-corrected chi connectivity index (χ4v) is 1.84. The molecule has 76 valence electrons. The molecule has 2 heterocycles. The number of aldehydes is 1. The first kappa shape index (κ1) is 8.59. The molecule has 4 heteroatoms. The molecule has 0 spiro atoms. The first-order valence-corrected chi connectivity index (χ1v) is 5.07. The molecular weight excluding hydrogens is 190 g/mol. The molecule has 15 heavy (non-hydrogen) atoms. The molecule has 0 radical (unpaired) electrons. The van der Waals surface area contributed by atoms with Gasteiger partial charge in [0.1, 0.15) is 0 Å². The number of pyridine rings is 1. The van der Waals surface area contributed by atoms with E-state index in [0.717, 1.165) is 23.0 Å². The summed E-state index contributed by atoms with van der Waals surface area (Å²) in [5.41, 5.74) is 2.55. The predicted octanol–water partition coefficient (Wildman–Crippen LogP) is 1.66. The van der Waals surface area contributed by atoms with E-state index >= 15 is 0 Å². The average Bonchev–Trinajstić information content (AvgIpc) is 3.04. The zero-order chi connectivity index (χ0) is 10.4. The molecule has 0 atom stereocenters. The zero-order valence-corrected chi connectivity index (χ0v) is 8.47. The van der Waals surface area contributed by atoms with Crippen LogP contribution in [-0.4, -0.2) is 21.1 Å². The lowest BCUT2D eigenvalue weighted by molar-refractivity contribution is 0.112. The lowest BCUT2D eigenvalue weighted by Crippen LogP contribution is -1.96. The summed E-state index contributed by atoms with van der Waals surface area (Å²) in [6.07, 6.45) is 4.96. The molecule has 1 aliphatic carbocycles. The van der Waals surface area contributed by atoms with Gasteiger partial charge in [-0.25, -0.2) is 4.98 Å². The predicted molar refractivity (Wildman–Crippen MR) is 55.9 cm³/mol. The highest BCUT2D eigenvalue weighted by Gasteiger charge is 2.26. The molecule has 0 unspecified atom stereocenters. The van der Waals surface area contributed by atoms with Crippen LogP contribution in [0.4, 0.5) is 0 Å². The number of fused-ring (bicyclic) bond motifs is 1. The smallest absolute Gasteiger partial charge is 0.158 e. The molecule has 0 bridgehead atoms. The molecule has 3 rings (SSSR count).